The number of allylic oxidation sites excluding steroid dienone is 6. The summed E-state index contributed by atoms with van der Waals surface area (Å²) in [4.78, 5) is 0. The first kappa shape index (κ1) is 7.33. The second-order valence-corrected chi connectivity index (χ2v) is 2.83. The third-order valence-electron chi connectivity index (χ3n) is 1.96. The lowest BCUT2D eigenvalue weighted by molar-refractivity contribution is 1.07. The van der Waals surface area contributed by atoms with E-state index in [2.05, 4.69) is 38.2 Å². The van der Waals surface area contributed by atoms with Crippen molar-refractivity contribution in [2.75, 3.05) is 0 Å². The van der Waals surface area contributed by atoms with Gasteiger partial charge in [-0.1, -0.05) is 35.5 Å². The highest BCUT2D eigenvalue weighted by atomic mass is 14.0. The Labute approximate surface area is 62.9 Å². The molecule has 0 nitrogen and oxygen atoms in total. The first-order valence-electron chi connectivity index (χ1n) is 3.77. The van der Waals surface area contributed by atoms with Gasteiger partial charge < -0.3 is 0 Å². The molecule has 1 aliphatic carbocycles. The van der Waals surface area contributed by atoms with E-state index in [0.29, 0.717) is 0 Å². The smallest absolute Gasteiger partial charge is 0.0136 e. The van der Waals surface area contributed by atoms with E-state index >= 15 is 0 Å². The van der Waals surface area contributed by atoms with Gasteiger partial charge in [0.1, 0.15) is 0 Å². The highest BCUT2D eigenvalue weighted by Gasteiger charge is 1.93. The minimum absolute atomic E-state index is 1.12. The van der Waals surface area contributed by atoms with E-state index in [0.717, 1.165) is 12.8 Å². The minimum atomic E-state index is 1.12. The third kappa shape index (κ3) is 1.87. The van der Waals surface area contributed by atoms with Gasteiger partial charge in [-0.15, -0.1) is 0 Å². The predicted octanol–water partition coefficient (Wildman–Crippen LogP) is 3.23. The normalized spacial score (nSPS) is 29.4. The zero-order valence-corrected chi connectivity index (χ0v) is 6.72. The molecule has 1 aliphatic rings. The van der Waals surface area contributed by atoms with E-state index in [-0.39, 0.29) is 0 Å². The summed E-state index contributed by atoms with van der Waals surface area (Å²) in [7, 11) is 0. The zero-order valence-electron chi connectivity index (χ0n) is 6.72. The molecule has 0 aromatic rings. The largest absolute Gasteiger partial charge is 0.0805 e. The summed E-state index contributed by atoms with van der Waals surface area (Å²) >= 11 is 0. The van der Waals surface area contributed by atoms with Crippen LogP contribution in [0.25, 0.3) is 0 Å². The van der Waals surface area contributed by atoms with Crippen LogP contribution in [-0.4, -0.2) is 0 Å². The Morgan fingerprint density at radius 3 is 1.70 bits per heavy atom. The lowest BCUT2D eigenvalue weighted by atomic mass is 10.0. The average Bonchev–Trinajstić information content (AvgIpc) is 1.92. The lowest BCUT2D eigenvalue weighted by Crippen LogP contribution is -1.83. The highest BCUT2D eigenvalue weighted by molar-refractivity contribution is 5.20. The van der Waals surface area contributed by atoms with Crippen LogP contribution in [0.4, 0.5) is 0 Å². The quantitative estimate of drug-likeness (QED) is 0.446. The molecule has 0 unspecified atom stereocenters. The molecule has 0 bridgehead atoms. The molecule has 0 amide bonds. The zero-order chi connectivity index (χ0) is 7.40. The molecule has 1 rings (SSSR count). The van der Waals surface area contributed by atoms with E-state index in [1.807, 2.05) is 0 Å². The molecule has 0 N–H and O–H groups in total. The molecule has 0 aliphatic heterocycles. The molecule has 0 aromatic heterocycles. The van der Waals surface area contributed by atoms with Gasteiger partial charge in [0, 0.05) is 0 Å². The summed E-state index contributed by atoms with van der Waals surface area (Å²) in [5, 5.41) is 0. The van der Waals surface area contributed by atoms with Gasteiger partial charge in [0.05, 0.1) is 0 Å². The van der Waals surface area contributed by atoms with Crippen molar-refractivity contribution in [2.45, 2.75) is 26.7 Å². The summed E-state index contributed by atoms with van der Waals surface area (Å²) in [5.41, 5.74) is 3.03. The predicted molar refractivity (Wildman–Crippen MR) is 45.9 cm³/mol. The van der Waals surface area contributed by atoms with Crippen LogP contribution in [0.2, 0.25) is 0 Å². The van der Waals surface area contributed by atoms with Crippen LogP contribution in [0.5, 0.6) is 0 Å². The van der Waals surface area contributed by atoms with Crippen LogP contribution in [0.15, 0.2) is 35.5 Å². The SMILES string of the molecule is C/C1=C(\C)C/C=C\C=CC1. The number of hydrogen-bond acceptors (Lipinski definition) is 0. The molecule has 0 saturated heterocycles. The fraction of sp³-hybridized carbons (Fsp3) is 0.400. The van der Waals surface area contributed by atoms with Crippen LogP contribution in [0.1, 0.15) is 26.7 Å². The summed E-state index contributed by atoms with van der Waals surface area (Å²) in [6.45, 7) is 4.41. The molecule has 0 fully saturated rings. The van der Waals surface area contributed by atoms with Gasteiger partial charge in [-0.3, -0.25) is 0 Å². The van der Waals surface area contributed by atoms with Crippen LogP contribution < -0.4 is 0 Å². The van der Waals surface area contributed by atoms with E-state index in [9.17, 15) is 0 Å². The Morgan fingerprint density at radius 1 is 0.900 bits per heavy atom. The fourth-order valence-corrected chi connectivity index (χ4v) is 0.995. The van der Waals surface area contributed by atoms with Crippen molar-refractivity contribution in [3.63, 3.8) is 0 Å². The van der Waals surface area contributed by atoms with Crippen molar-refractivity contribution in [3.8, 4) is 0 Å². The minimum Gasteiger partial charge on any atom is -0.0805 e. The summed E-state index contributed by atoms with van der Waals surface area (Å²) < 4.78 is 0. The Morgan fingerprint density at radius 2 is 1.30 bits per heavy atom. The van der Waals surface area contributed by atoms with Crippen LogP contribution in [-0.2, 0) is 0 Å². The van der Waals surface area contributed by atoms with Crippen molar-refractivity contribution in [1.29, 1.82) is 0 Å². The molecule has 0 spiro atoms. The van der Waals surface area contributed by atoms with Crippen LogP contribution in [0, 0.1) is 0 Å². The van der Waals surface area contributed by atoms with Gasteiger partial charge >= 0.3 is 0 Å². The second kappa shape index (κ2) is 3.40. The first-order chi connectivity index (χ1) is 4.80. The average molecular weight is 134 g/mol. The van der Waals surface area contributed by atoms with Gasteiger partial charge in [0.15, 0.2) is 0 Å². The maximum absolute atomic E-state index is 2.21. The van der Waals surface area contributed by atoms with Crippen molar-refractivity contribution in [1.82, 2.24) is 0 Å². The molecule has 0 aromatic carbocycles. The van der Waals surface area contributed by atoms with Crippen molar-refractivity contribution >= 4 is 0 Å². The molecule has 10 heavy (non-hydrogen) atoms. The molecule has 0 heteroatoms. The molecule has 0 saturated carbocycles. The highest BCUT2D eigenvalue weighted by Crippen LogP contribution is 2.14. The van der Waals surface area contributed by atoms with Gasteiger partial charge in [-0.25, -0.2) is 0 Å². The monoisotopic (exact) mass is 134 g/mol. The molecule has 0 radical (unpaired) electrons. The number of hydrogen-bond donors (Lipinski definition) is 0. The standard InChI is InChI=1S/C10H14/c1-9-7-5-3-4-6-8-10(9)2/h3-6H,7-8H2,1-2H3/b5-3-,6-4?,10-9-. The lowest BCUT2D eigenvalue weighted by Gasteiger charge is -2.03. The second-order valence-electron chi connectivity index (χ2n) is 2.83. The maximum Gasteiger partial charge on any atom is -0.0136 e. The topological polar surface area (TPSA) is 0 Å². The molecule has 54 valence electrons. The summed E-state index contributed by atoms with van der Waals surface area (Å²) in [5.74, 6) is 0. The van der Waals surface area contributed by atoms with Gasteiger partial charge in [0.2, 0.25) is 0 Å². The van der Waals surface area contributed by atoms with Crippen LogP contribution >= 0.6 is 0 Å². The van der Waals surface area contributed by atoms with Gasteiger partial charge in [-0.2, -0.15) is 0 Å². The van der Waals surface area contributed by atoms with Gasteiger partial charge in [-0.05, 0) is 26.7 Å². The first-order valence-corrected chi connectivity index (χ1v) is 3.77. The molecular weight excluding hydrogens is 120 g/mol. The van der Waals surface area contributed by atoms with Crippen molar-refractivity contribution in [2.24, 2.45) is 0 Å². The Balaban J connectivity index is 2.77. The van der Waals surface area contributed by atoms with Gasteiger partial charge in [0.25, 0.3) is 0 Å². The Bertz CT molecular complexity index is 170. The fourth-order valence-electron chi connectivity index (χ4n) is 0.995. The van der Waals surface area contributed by atoms with Crippen molar-refractivity contribution in [3.05, 3.63) is 35.5 Å². The molecule has 0 heterocycles. The van der Waals surface area contributed by atoms with E-state index in [4.69, 9.17) is 0 Å². The Hall–Kier alpha value is -0.780. The molecular formula is C10H14. The Kier molecular flexibility index (Phi) is 2.49. The summed E-state index contributed by atoms with van der Waals surface area (Å²) in [6.07, 6.45) is 10.9. The number of rotatable bonds is 0. The molecule has 0 atom stereocenters. The van der Waals surface area contributed by atoms with E-state index in [1.165, 1.54) is 11.1 Å². The van der Waals surface area contributed by atoms with Crippen LogP contribution in [0.3, 0.4) is 0 Å². The van der Waals surface area contributed by atoms with E-state index in [1.54, 1.807) is 0 Å². The summed E-state index contributed by atoms with van der Waals surface area (Å²) in [6, 6.07) is 0. The van der Waals surface area contributed by atoms with Crippen molar-refractivity contribution < 1.29 is 0 Å². The van der Waals surface area contributed by atoms with E-state index < -0.39 is 0 Å². The maximum atomic E-state index is 2.21. The third-order valence-corrected chi connectivity index (χ3v) is 1.96.